The molecule has 104 valence electrons. The number of anilines is 2. The average Bonchev–Trinajstić information content (AvgIpc) is 2.96. The smallest absolute Gasteiger partial charge is 0.148 e. The van der Waals surface area contributed by atoms with Crippen molar-refractivity contribution in [3.05, 3.63) is 28.1 Å². The van der Waals surface area contributed by atoms with Crippen LogP contribution in [0.3, 0.4) is 0 Å². The van der Waals surface area contributed by atoms with Crippen LogP contribution in [0.4, 0.5) is 11.5 Å². The van der Waals surface area contributed by atoms with E-state index in [1.807, 2.05) is 11.7 Å². The topological polar surface area (TPSA) is 55.9 Å². The van der Waals surface area contributed by atoms with E-state index in [1.165, 1.54) is 4.88 Å². The standard InChI is InChI=1S/C14H22N4S/c1-5-10-12(15)14(18(4)17-10)16-13(9(2)3)11-7-6-8-19-11/h6-9,13,16H,5,15H2,1-4H3. The maximum atomic E-state index is 6.17. The molecule has 3 N–H and O–H groups in total. The highest BCUT2D eigenvalue weighted by Gasteiger charge is 2.20. The Morgan fingerprint density at radius 2 is 2.21 bits per heavy atom. The van der Waals surface area contributed by atoms with Crippen molar-refractivity contribution >= 4 is 22.8 Å². The Kier molecular flexibility index (Phi) is 4.14. The van der Waals surface area contributed by atoms with Crippen LogP contribution < -0.4 is 11.1 Å². The molecule has 19 heavy (non-hydrogen) atoms. The van der Waals surface area contributed by atoms with E-state index in [1.54, 1.807) is 11.3 Å². The van der Waals surface area contributed by atoms with Crippen molar-refractivity contribution in [1.82, 2.24) is 9.78 Å². The van der Waals surface area contributed by atoms with Gasteiger partial charge in [0.25, 0.3) is 0 Å². The first-order valence-corrected chi connectivity index (χ1v) is 7.53. The zero-order chi connectivity index (χ0) is 14.0. The van der Waals surface area contributed by atoms with Gasteiger partial charge in [0.15, 0.2) is 0 Å². The van der Waals surface area contributed by atoms with Gasteiger partial charge in [0.1, 0.15) is 5.82 Å². The van der Waals surface area contributed by atoms with E-state index < -0.39 is 0 Å². The zero-order valence-electron chi connectivity index (χ0n) is 12.0. The number of aromatic nitrogens is 2. The second-order valence-electron chi connectivity index (χ2n) is 5.07. The number of nitrogens with zero attached hydrogens (tertiary/aromatic N) is 2. The summed E-state index contributed by atoms with van der Waals surface area (Å²) in [5, 5.41) is 10.1. The molecule has 1 atom stereocenters. The van der Waals surface area contributed by atoms with E-state index in [-0.39, 0.29) is 6.04 Å². The van der Waals surface area contributed by atoms with Gasteiger partial charge in [-0.3, -0.25) is 4.68 Å². The lowest BCUT2D eigenvalue weighted by atomic mass is 10.0. The molecule has 2 heterocycles. The van der Waals surface area contributed by atoms with Crippen LogP contribution in [0.1, 0.15) is 37.4 Å². The molecule has 0 fully saturated rings. The summed E-state index contributed by atoms with van der Waals surface area (Å²) in [6.07, 6.45) is 0.854. The fourth-order valence-corrected chi connectivity index (χ4v) is 3.16. The van der Waals surface area contributed by atoms with Gasteiger partial charge in [-0.1, -0.05) is 26.8 Å². The van der Waals surface area contributed by atoms with Crippen molar-refractivity contribution in [3.63, 3.8) is 0 Å². The molecule has 0 saturated carbocycles. The molecule has 0 aromatic carbocycles. The Hall–Kier alpha value is -1.49. The third-order valence-electron chi connectivity index (χ3n) is 3.30. The Morgan fingerprint density at radius 3 is 2.68 bits per heavy atom. The number of aryl methyl sites for hydroxylation is 2. The molecule has 5 heteroatoms. The molecule has 0 aliphatic rings. The first kappa shape index (κ1) is 13.9. The molecule has 0 spiro atoms. The molecule has 0 bridgehead atoms. The van der Waals surface area contributed by atoms with Crippen molar-refractivity contribution in [2.24, 2.45) is 13.0 Å². The van der Waals surface area contributed by atoms with Crippen LogP contribution in [0, 0.1) is 5.92 Å². The van der Waals surface area contributed by atoms with Gasteiger partial charge in [0.05, 0.1) is 17.4 Å². The summed E-state index contributed by atoms with van der Waals surface area (Å²) in [4.78, 5) is 1.33. The van der Waals surface area contributed by atoms with Crippen LogP contribution in [0.2, 0.25) is 0 Å². The summed E-state index contributed by atoms with van der Waals surface area (Å²) in [5.41, 5.74) is 7.90. The largest absolute Gasteiger partial charge is 0.394 e. The Labute approximate surface area is 118 Å². The molecule has 0 aliphatic carbocycles. The Morgan fingerprint density at radius 1 is 1.47 bits per heavy atom. The highest BCUT2D eigenvalue weighted by Crippen LogP contribution is 2.32. The number of nitrogens with one attached hydrogen (secondary N) is 1. The minimum Gasteiger partial charge on any atom is -0.394 e. The number of hydrogen-bond donors (Lipinski definition) is 2. The average molecular weight is 278 g/mol. The van der Waals surface area contributed by atoms with Crippen LogP contribution in [0.15, 0.2) is 17.5 Å². The summed E-state index contributed by atoms with van der Waals surface area (Å²) in [5.74, 6) is 1.40. The minimum absolute atomic E-state index is 0.266. The second-order valence-corrected chi connectivity index (χ2v) is 6.05. The van der Waals surface area contributed by atoms with Gasteiger partial charge in [-0.25, -0.2) is 0 Å². The first-order chi connectivity index (χ1) is 9.04. The fourth-order valence-electron chi connectivity index (χ4n) is 2.21. The number of nitrogens with two attached hydrogens (primary N) is 1. The molecular formula is C14H22N4S. The normalized spacial score (nSPS) is 12.9. The lowest BCUT2D eigenvalue weighted by Gasteiger charge is -2.22. The van der Waals surface area contributed by atoms with Crippen LogP contribution in [-0.4, -0.2) is 9.78 Å². The summed E-state index contributed by atoms with van der Waals surface area (Å²) in [6.45, 7) is 6.50. The summed E-state index contributed by atoms with van der Waals surface area (Å²) < 4.78 is 1.84. The van der Waals surface area contributed by atoms with Gasteiger partial charge >= 0.3 is 0 Å². The fraction of sp³-hybridized carbons (Fsp3) is 0.500. The summed E-state index contributed by atoms with van der Waals surface area (Å²) >= 11 is 1.77. The summed E-state index contributed by atoms with van der Waals surface area (Å²) in [7, 11) is 1.93. The maximum absolute atomic E-state index is 6.17. The molecule has 2 rings (SSSR count). The molecule has 0 radical (unpaired) electrons. The molecule has 1 unspecified atom stereocenters. The molecule has 2 aromatic rings. The van der Waals surface area contributed by atoms with Gasteiger partial charge in [0.2, 0.25) is 0 Å². The van der Waals surface area contributed by atoms with E-state index >= 15 is 0 Å². The van der Waals surface area contributed by atoms with Crippen molar-refractivity contribution < 1.29 is 0 Å². The Bertz CT molecular complexity index is 528. The van der Waals surface area contributed by atoms with E-state index in [2.05, 4.69) is 48.7 Å². The SMILES string of the molecule is CCc1nn(C)c(NC(c2cccs2)C(C)C)c1N. The quantitative estimate of drug-likeness (QED) is 0.881. The Balaban J connectivity index is 2.30. The van der Waals surface area contributed by atoms with Crippen molar-refractivity contribution in [3.8, 4) is 0 Å². The molecule has 0 aliphatic heterocycles. The predicted molar refractivity (Wildman–Crippen MR) is 82.5 cm³/mol. The van der Waals surface area contributed by atoms with E-state index in [0.717, 1.165) is 23.6 Å². The number of thiophene rings is 1. The minimum atomic E-state index is 0.266. The van der Waals surface area contributed by atoms with Gasteiger partial charge in [0, 0.05) is 11.9 Å². The van der Waals surface area contributed by atoms with E-state index in [4.69, 9.17) is 5.73 Å². The van der Waals surface area contributed by atoms with Crippen molar-refractivity contribution in [1.29, 1.82) is 0 Å². The van der Waals surface area contributed by atoms with E-state index in [0.29, 0.717) is 5.92 Å². The predicted octanol–water partition coefficient (Wildman–Crippen LogP) is 3.44. The lowest BCUT2D eigenvalue weighted by Crippen LogP contribution is -2.18. The molecule has 0 amide bonds. The molecule has 4 nitrogen and oxygen atoms in total. The maximum Gasteiger partial charge on any atom is 0.148 e. The van der Waals surface area contributed by atoms with Gasteiger partial charge in [-0.2, -0.15) is 5.10 Å². The van der Waals surface area contributed by atoms with E-state index in [9.17, 15) is 0 Å². The van der Waals surface area contributed by atoms with Gasteiger partial charge in [-0.15, -0.1) is 11.3 Å². The lowest BCUT2D eigenvalue weighted by molar-refractivity contribution is 0.547. The zero-order valence-corrected chi connectivity index (χ0v) is 12.8. The number of rotatable bonds is 5. The third kappa shape index (κ3) is 2.76. The van der Waals surface area contributed by atoms with Crippen LogP contribution in [-0.2, 0) is 13.5 Å². The number of hydrogen-bond acceptors (Lipinski definition) is 4. The van der Waals surface area contributed by atoms with Crippen LogP contribution in [0.25, 0.3) is 0 Å². The summed E-state index contributed by atoms with van der Waals surface area (Å²) in [6, 6.07) is 4.51. The molecular weight excluding hydrogens is 256 g/mol. The van der Waals surface area contributed by atoms with Gasteiger partial charge in [-0.05, 0) is 23.8 Å². The molecule has 0 saturated heterocycles. The highest BCUT2D eigenvalue weighted by molar-refractivity contribution is 7.10. The monoisotopic (exact) mass is 278 g/mol. The van der Waals surface area contributed by atoms with Gasteiger partial charge < -0.3 is 11.1 Å². The second kappa shape index (κ2) is 5.65. The third-order valence-corrected chi connectivity index (χ3v) is 4.26. The van der Waals surface area contributed by atoms with Crippen molar-refractivity contribution in [2.45, 2.75) is 33.2 Å². The molecule has 2 aromatic heterocycles. The number of nitrogen functional groups attached to an aromatic ring is 1. The highest BCUT2D eigenvalue weighted by atomic mass is 32.1. The van der Waals surface area contributed by atoms with Crippen LogP contribution >= 0.6 is 11.3 Å². The van der Waals surface area contributed by atoms with Crippen molar-refractivity contribution in [2.75, 3.05) is 11.1 Å². The van der Waals surface area contributed by atoms with Crippen LogP contribution in [0.5, 0.6) is 0 Å². The first-order valence-electron chi connectivity index (χ1n) is 6.65.